The summed E-state index contributed by atoms with van der Waals surface area (Å²) in [5.41, 5.74) is 3.77. The van der Waals surface area contributed by atoms with E-state index in [0.717, 1.165) is 67.9 Å². The molecule has 0 unspecified atom stereocenters. The van der Waals surface area contributed by atoms with Gasteiger partial charge in [-0.2, -0.15) is 13.2 Å². The molecule has 1 aromatic heterocycles. The summed E-state index contributed by atoms with van der Waals surface area (Å²) in [6.07, 6.45) is 1.47. The number of rotatable bonds is 6. The normalized spacial score (nSPS) is 15.8. The largest absolute Gasteiger partial charge is 0.416 e. The molecule has 0 spiro atoms. The van der Waals surface area contributed by atoms with Crippen molar-refractivity contribution < 1.29 is 13.2 Å². The standard InChI is InChI=1S/C26H27F3N2/c27-26(28,29)24-9-6-21(7-10-24)18-22-8-11-25(30-19-22)23-13-16-31(17-14-23)15-12-20-4-2-1-3-5-20/h1-11,19,23H,12-18H2. The summed E-state index contributed by atoms with van der Waals surface area (Å²) in [4.78, 5) is 7.21. The molecule has 1 aliphatic heterocycles. The molecule has 0 radical (unpaired) electrons. The van der Waals surface area contributed by atoms with Crippen LogP contribution in [0.1, 0.15) is 46.7 Å². The maximum absolute atomic E-state index is 12.7. The lowest BCUT2D eigenvalue weighted by Gasteiger charge is -2.31. The van der Waals surface area contributed by atoms with Crippen LogP contribution in [0.15, 0.2) is 72.9 Å². The SMILES string of the molecule is FC(F)(F)c1ccc(Cc2ccc(C3CCN(CCc4ccccc4)CC3)nc2)cc1. The smallest absolute Gasteiger partial charge is 0.303 e. The lowest BCUT2D eigenvalue weighted by atomic mass is 9.92. The average molecular weight is 425 g/mol. The molecule has 0 saturated carbocycles. The highest BCUT2D eigenvalue weighted by Crippen LogP contribution is 2.30. The van der Waals surface area contributed by atoms with E-state index in [1.807, 2.05) is 6.20 Å². The van der Waals surface area contributed by atoms with Crippen LogP contribution in [0.25, 0.3) is 0 Å². The predicted octanol–water partition coefficient (Wildman–Crippen LogP) is 6.11. The number of benzene rings is 2. The maximum Gasteiger partial charge on any atom is 0.416 e. The molecule has 0 atom stereocenters. The van der Waals surface area contributed by atoms with E-state index in [4.69, 9.17) is 0 Å². The molecule has 3 aromatic rings. The van der Waals surface area contributed by atoms with Gasteiger partial charge in [-0.3, -0.25) is 4.98 Å². The Balaban J connectivity index is 1.27. The zero-order valence-electron chi connectivity index (χ0n) is 17.5. The number of halogens is 3. The number of pyridine rings is 1. The second-order valence-corrected chi connectivity index (χ2v) is 8.31. The Bertz CT molecular complexity index is 943. The molecular formula is C26H27F3N2. The second kappa shape index (κ2) is 9.65. The van der Waals surface area contributed by atoms with Gasteiger partial charge in [0.05, 0.1) is 5.56 Å². The minimum atomic E-state index is -4.29. The molecule has 2 aromatic carbocycles. The van der Waals surface area contributed by atoms with Gasteiger partial charge in [0.25, 0.3) is 0 Å². The van der Waals surface area contributed by atoms with Crippen LogP contribution in [0.5, 0.6) is 0 Å². The molecule has 2 nitrogen and oxygen atoms in total. The fourth-order valence-corrected chi connectivity index (χ4v) is 4.21. The number of nitrogens with zero attached hydrogens (tertiary/aromatic N) is 2. The molecular weight excluding hydrogens is 397 g/mol. The fraction of sp³-hybridized carbons (Fsp3) is 0.346. The zero-order chi connectivity index (χ0) is 21.7. The average Bonchev–Trinajstić information content (AvgIpc) is 2.79. The Hall–Kier alpha value is -2.66. The van der Waals surface area contributed by atoms with Crippen LogP contribution >= 0.6 is 0 Å². The van der Waals surface area contributed by atoms with Crippen LogP contribution < -0.4 is 0 Å². The Morgan fingerprint density at radius 2 is 1.48 bits per heavy atom. The first kappa shape index (κ1) is 21.6. The van der Waals surface area contributed by atoms with E-state index < -0.39 is 11.7 Å². The van der Waals surface area contributed by atoms with Crippen molar-refractivity contribution in [1.29, 1.82) is 0 Å². The van der Waals surface area contributed by atoms with E-state index in [2.05, 4.69) is 52.3 Å². The van der Waals surface area contributed by atoms with Gasteiger partial charge in [0, 0.05) is 24.4 Å². The summed E-state index contributed by atoms with van der Waals surface area (Å²) in [7, 11) is 0. The number of aromatic nitrogens is 1. The molecule has 0 bridgehead atoms. The minimum Gasteiger partial charge on any atom is -0.303 e. The summed E-state index contributed by atoms with van der Waals surface area (Å²) in [5.74, 6) is 0.480. The van der Waals surface area contributed by atoms with Gasteiger partial charge in [-0.05, 0) is 73.7 Å². The summed E-state index contributed by atoms with van der Waals surface area (Å²) in [6, 6.07) is 20.1. The molecule has 0 N–H and O–H groups in total. The lowest BCUT2D eigenvalue weighted by molar-refractivity contribution is -0.137. The molecule has 162 valence electrons. The molecule has 1 fully saturated rings. The minimum absolute atomic E-state index is 0.480. The van der Waals surface area contributed by atoms with Crippen molar-refractivity contribution >= 4 is 0 Å². The Morgan fingerprint density at radius 1 is 0.806 bits per heavy atom. The molecule has 2 heterocycles. The molecule has 31 heavy (non-hydrogen) atoms. The van der Waals surface area contributed by atoms with Crippen LogP contribution in [0.4, 0.5) is 13.2 Å². The topological polar surface area (TPSA) is 16.1 Å². The first-order chi connectivity index (χ1) is 15.0. The van der Waals surface area contributed by atoms with Crippen molar-refractivity contribution in [1.82, 2.24) is 9.88 Å². The quantitative estimate of drug-likeness (QED) is 0.474. The van der Waals surface area contributed by atoms with Crippen molar-refractivity contribution in [3.8, 4) is 0 Å². The third-order valence-corrected chi connectivity index (χ3v) is 6.10. The summed E-state index contributed by atoms with van der Waals surface area (Å²) >= 11 is 0. The van der Waals surface area contributed by atoms with Crippen molar-refractivity contribution in [3.63, 3.8) is 0 Å². The van der Waals surface area contributed by atoms with Gasteiger partial charge < -0.3 is 4.90 Å². The van der Waals surface area contributed by atoms with Crippen molar-refractivity contribution in [3.05, 3.63) is 101 Å². The van der Waals surface area contributed by atoms with Gasteiger partial charge in [0.15, 0.2) is 0 Å². The fourth-order valence-electron chi connectivity index (χ4n) is 4.21. The van der Waals surface area contributed by atoms with Crippen molar-refractivity contribution in [2.45, 2.75) is 37.8 Å². The molecule has 1 saturated heterocycles. The van der Waals surface area contributed by atoms with Crippen LogP contribution in [-0.2, 0) is 19.0 Å². The third-order valence-electron chi connectivity index (χ3n) is 6.10. The van der Waals surface area contributed by atoms with Crippen molar-refractivity contribution in [2.24, 2.45) is 0 Å². The number of hydrogen-bond acceptors (Lipinski definition) is 2. The van der Waals surface area contributed by atoms with E-state index in [9.17, 15) is 13.2 Å². The highest BCUT2D eigenvalue weighted by molar-refractivity contribution is 5.29. The first-order valence-electron chi connectivity index (χ1n) is 10.8. The predicted molar refractivity (Wildman–Crippen MR) is 117 cm³/mol. The summed E-state index contributed by atoms with van der Waals surface area (Å²) < 4.78 is 38.1. The molecule has 1 aliphatic rings. The zero-order valence-corrected chi connectivity index (χ0v) is 17.5. The highest BCUT2D eigenvalue weighted by atomic mass is 19.4. The van der Waals surface area contributed by atoms with Crippen LogP contribution in [0.2, 0.25) is 0 Å². The summed E-state index contributed by atoms with van der Waals surface area (Å²) in [5, 5.41) is 0. The molecule has 5 heteroatoms. The Kier molecular flexibility index (Phi) is 6.71. The highest BCUT2D eigenvalue weighted by Gasteiger charge is 2.29. The van der Waals surface area contributed by atoms with Gasteiger partial charge in [-0.15, -0.1) is 0 Å². The number of alkyl halides is 3. The number of hydrogen-bond donors (Lipinski definition) is 0. The van der Waals surface area contributed by atoms with Crippen LogP contribution in [0, 0.1) is 0 Å². The molecule has 4 rings (SSSR count). The summed E-state index contributed by atoms with van der Waals surface area (Å²) in [6.45, 7) is 3.27. The van der Waals surface area contributed by atoms with Crippen LogP contribution in [0.3, 0.4) is 0 Å². The Morgan fingerprint density at radius 3 is 2.10 bits per heavy atom. The van der Waals surface area contributed by atoms with Crippen LogP contribution in [-0.4, -0.2) is 29.5 Å². The van der Waals surface area contributed by atoms with Gasteiger partial charge in [0.2, 0.25) is 0 Å². The lowest BCUT2D eigenvalue weighted by Crippen LogP contribution is -2.34. The molecule has 0 amide bonds. The van der Waals surface area contributed by atoms with E-state index in [0.29, 0.717) is 12.3 Å². The van der Waals surface area contributed by atoms with Gasteiger partial charge in [-0.1, -0.05) is 48.5 Å². The van der Waals surface area contributed by atoms with E-state index >= 15 is 0 Å². The van der Waals surface area contributed by atoms with E-state index in [1.54, 1.807) is 12.1 Å². The van der Waals surface area contributed by atoms with E-state index in [-0.39, 0.29) is 0 Å². The second-order valence-electron chi connectivity index (χ2n) is 8.31. The monoisotopic (exact) mass is 424 g/mol. The first-order valence-corrected chi connectivity index (χ1v) is 10.8. The number of piperidine rings is 1. The molecule has 0 aliphatic carbocycles. The van der Waals surface area contributed by atoms with Gasteiger partial charge in [-0.25, -0.2) is 0 Å². The third kappa shape index (κ3) is 5.95. The van der Waals surface area contributed by atoms with Gasteiger partial charge >= 0.3 is 6.18 Å². The Labute approximate surface area is 181 Å². The van der Waals surface area contributed by atoms with Gasteiger partial charge in [0.1, 0.15) is 0 Å². The maximum atomic E-state index is 12.7. The van der Waals surface area contributed by atoms with E-state index in [1.165, 1.54) is 5.56 Å². The number of likely N-dealkylation sites (tertiary alicyclic amines) is 1. The van der Waals surface area contributed by atoms with Crippen molar-refractivity contribution in [2.75, 3.05) is 19.6 Å².